The number of hydrogen-bond acceptors (Lipinski definition) is 11. The normalized spacial score (nSPS) is 23.8. The topological polar surface area (TPSA) is 176 Å². The van der Waals surface area contributed by atoms with Crippen molar-refractivity contribution in [2.24, 2.45) is 0 Å². The third kappa shape index (κ3) is 6.03. The van der Waals surface area contributed by atoms with Crippen molar-refractivity contribution in [3.63, 3.8) is 0 Å². The van der Waals surface area contributed by atoms with Crippen LogP contribution in [0.5, 0.6) is 11.5 Å². The van der Waals surface area contributed by atoms with E-state index in [1.54, 1.807) is 25.1 Å². The van der Waals surface area contributed by atoms with Crippen LogP contribution in [0.3, 0.4) is 0 Å². The SMILES string of the molecule is COc1cc(C)c2c(=O)cc(CC(C)O)oc2c1[C@@H]1O[C@H](CO)[C@@H](O)[C@H](O)[C@@H]1OC(=O)/C=C/c1ccc(O)cc1. The van der Waals surface area contributed by atoms with Gasteiger partial charge in [0.1, 0.15) is 47.3 Å². The van der Waals surface area contributed by atoms with Crippen molar-refractivity contribution in [3.8, 4) is 11.5 Å². The van der Waals surface area contributed by atoms with Crippen LogP contribution in [-0.4, -0.2) is 75.7 Å². The highest BCUT2D eigenvalue weighted by molar-refractivity contribution is 5.88. The molecule has 1 unspecified atom stereocenters. The molecule has 11 heteroatoms. The van der Waals surface area contributed by atoms with Crippen LogP contribution in [0.15, 0.2) is 51.7 Å². The molecule has 2 aromatic carbocycles. The van der Waals surface area contributed by atoms with Crippen LogP contribution in [0.25, 0.3) is 17.0 Å². The maximum atomic E-state index is 13.1. The monoisotopic (exact) mass is 556 g/mol. The molecule has 1 aliphatic heterocycles. The second-order valence-corrected chi connectivity index (χ2v) is 9.73. The molecule has 40 heavy (non-hydrogen) atoms. The summed E-state index contributed by atoms with van der Waals surface area (Å²) in [6, 6.07) is 8.89. The van der Waals surface area contributed by atoms with Crippen molar-refractivity contribution in [1.29, 1.82) is 0 Å². The third-order valence-corrected chi connectivity index (χ3v) is 6.68. The lowest BCUT2D eigenvalue weighted by atomic mass is 9.89. The van der Waals surface area contributed by atoms with E-state index in [1.165, 1.54) is 38.3 Å². The molecule has 11 nitrogen and oxygen atoms in total. The predicted molar refractivity (Wildman–Crippen MR) is 143 cm³/mol. The number of methoxy groups -OCH3 is 1. The van der Waals surface area contributed by atoms with Crippen LogP contribution in [0, 0.1) is 6.92 Å². The highest BCUT2D eigenvalue weighted by Crippen LogP contribution is 2.43. The van der Waals surface area contributed by atoms with E-state index in [1.807, 2.05) is 0 Å². The van der Waals surface area contributed by atoms with Gasteiger partial charge in [0.05, 0.1) is 30.8 Å². The number of benzene rings is 2. The van der Waals surface area contributed by atoms with Gasteiger partial charge in [-0.25, -0.2) is 4.79 Å². The van der Waals surface area contributed by atoms with Gasteiger partial charge in [0, 0.05) is 18.6 Å². The average Bonchev–Trinajstić information content (AvgIpc) is 2.90. The summed E-state index contributed by atoms with van der Waals surface area (Å²) in [5, 5.41) is 51.0. The summed E-state index contributed by atoms with van der Waals surface area (Å²) < 4.78 is 23.2. The van der Waals surface area contributed by atoms with Gasteiger partial charge in [-0.15, -0.1) is 0 Å². The minimum absolute atomic E-state index is 0.0333. The summed E-state index contributed by atoms with van der Waals surface area (Å²) in [5.74, 6) is -0.456. The second-order valence-electron chi connectivity index (χ2n) is 9.73. The van der Waals surface area contributed by atoms with Crippen LogP contribution in [-0.2, 0) is 20.7 Å². The maximum absolute atomic E-state index is 13.1. The molecule has 0 saturated carbocycles. The molecule has 0 amide bonds. The van der Waals surface area contributed by atoms with Gasteiger partial charge in [-0.05, 0) is 49.2 Å². The number of aryl methyl sites for hydroxylation is 1. The van der Waals surface area contributed by atoms with Crippen LogP contribution in [0.1, 0.15) is 35.5 Å². The molecule has 2 heterocycles. The first kappa shape index (κ1) is 29.2. The van der Waals surface area contributed by atoms with E-state index in [-0.39, 0.29) is 40.2 Å². The van der Waals surface area contributed by atoms with Gasteiger partial charge in [-0.1, -0.05) is 12.1 Å². The van der Waals surface area contributed by atoms with Crippen LogP contribution < -0.4 is 10.2 Å². The van der Waals surface area contributed by atoms with Gasteiger partial charge in [0.25, 0.3) is 0 Å². The molecular formula is C29H32O11. The first-order chi connectivity index (χ1) is 19.0. The number of carbonyl (C=O) groups is 1. The molecule has 0 aliphatic carbocycles. The Kier molecular flexibility index (Phi) is 8.92. The van der Waals surface area contributed by atoms with Crippen molar-refractivity contribution < 1.29 is 49.0 Å². The van der Waals surface area contributed by atoms with E-state index < -0.39 is 54.6 Å². The zero-order valence-corrected chi connectivity index (χ0v) is 22.2. The number of aliphatic hydroxyl groups excluding tert-OH is 4. The van der Waals surface area contributed by atoms with Crippen molar-refractivity contribution in [1.82, 2.24) is 0 Å². The molecule has 4 rings (SSSR count). The van der Waals surface area contributed by atoms with Gasteiger partial charge in [-0.3, -0.25) is 4.79 Å². The van der Waals surface area contributed by atoms with E-state index in [2.05, 4.69) is 0 Å². The molecule has 214 valence electrons. The zero-order chi connectivity index (χ0) is 29.1. The summed E-state index contributed by atoms with van der Waals surface area (Å²) >= 11 is 0. The van der Waals surface area contributed by atoms with Crippen LogP contribution >= 0.6 is 0 Å². The number of ether oxygens (including phenoxy) is 3. The van der Waals surface area contributed by atoms with Gasteiger partial charge in [-0.2, -0.15) is 0 Å². The Hall–Kier alpha value is -3.74. The number of aliphatic hydroxyl groups is 4. The number of phenols is 1. The molecule has 6 atom stereocenters. The predicted octanol–water partition coefficient (Wildman–Crippen LogP) is 1.52. The lowest BCUT2D eigenvalue weighted by Crippen LogP contribution is -2.56. The van der Waals surface area contributed by atoms with Crippen LogP contribution in [0.4, 0.5) is 0 Å². The Morgan fingerprint density at radius 1 is 1.15 bits per heavy atom. The molecule has 5 N–H and O–H groups in total. The minimum Gasteiger partial charge on any atom is -0.508 e. The van der Waals surface area contributed by atoms with E-state index in [9.17, 15) is 35.1 Å². The molecule has 0 bridgehead atoms. The molecule has 1 saturated heterocycles. The second kappa shape index (κ2) is 12.2. The van der Waals surface area contributed by atoms with Gasteiger partial charge in [0.2, 0.25) is 0 Å². The standard InChI is InChI=1S/C29H32O11/c1-14-10-20(37-3)24(27-23(14)19(33)12-18(38-27)11-15(2)31)28-29(26(36)25(35)21(13-30)39-28)40-22(34)9-6-16-4-7-17(32)8-5-16/h4-10,12,15,21,25-26,28-32,35-36H,11,13H2,1-3H3/b9-6+/t15?,21-,25-,26+,28+,29+/m1/s1. The molecular weight excluding hydrogens is 524 g/mol. The van der Waals surface area contributed by atoms with Crippen LogP contribution in [0.2, 0.25) is 0 Å². The highest BCUT2D eigenvalue weighted by Gasteiger charge is 2.49. The highest BCUT2D eigenvalue weighted by atomic mass is 16.6. The fourth-order valence-corrected chi connectivity index (χ4v) is 4.77. The molecule has 0 radical (unpaired) electrons. The van der Waals surface area contributed by atoms with Crippen molar-refractivity contribution in [2.75, 3.05) is 13.7 Å². The number of phenolic OH excluding ortho intramolecular Hbond substituents is 1. The van der Waals surface area contributed by atoms with E-state index in [4.69, 9.17) is 18.6 Å². The molecule has 1 aromatic heterocycles. The Labute approximate surface area is 229 Å². The minimum atomic E-state index is -1.70. The largest absolute Gasteiger partial charge is 0.508 e. The lowest BCUT2D eigenvalue weighted by molar-refractivity contribution is -0.239. The van der Waals surface area contributed by atoms with E-state index >= 15 is 0 Å². The number of rotatable bonds is 8. The molecule has 0 spiro atoms. The number of esters is 1. The summed E-state index contributed by atoms with van der Waals surface area (Å²) in [7, 11) is 1.38. The lowest BCUT2D eigenvalue weighted by Gasteiger charge is -2.42. The fraction of sp³-hybridized carbons (Fsp3) is 0.379. The Morgan fingerprint density at radius 2 is 1.85 bits per heavy atom. The molecule has 3 aromatic rings. The van der Waals surface area contributed by atoms with Crippen molar-refractivity contribution in [2.45, 2.75) is 56.9 Å². The first-order valence-electron chi connectivity index (χ1n) is 12.7. The Balaban J connectivity index is 1.83. The van der Waals surface area contributed by atoms with Crippen molar-refractivity contribution >= 4 is 23.0 Å². The first-order valence-corrected chi connectivity index (χ1v) is 12.7. The number of hydrogen-bond donors (Lipinski definition) is 5. The average molecular weight is 557 g/mol. The maximum Gasteiger partial charge on any atom is 0.331 e. The molecule has 1 aliphatic rings. The van der Waals surface area contributed by atoms with Crippen molar-refractivity contribution in [3.05, 3.63) is 75.1 Å². The van der Waals surface area contributed by atoms with Gasteiger partial charge < -0.3 is 44.2 Å². The fourth-order valence-electron chi connectivity index (χ4n) is 4.77. The smallest absolute Gasteiger partial charge is 0.331 e. The number of carbonyl (C=O) groups excluding carboxylic acids is 1. The Morgan fingerprint density at radius 3 is 2.48 bits per heavy atom. The van der Waals surface area contributed by atoms with E-state index in [0.29, 0.717) is 11.1 Å². The summed E-state index contributed by atoms with van der Waals surface area (Å²) in [6.07, 6.45) is -5.68. The number of fused-ring (bicyclic) bond motifs is 1. The van der Waals surface area contributed by atoms with Gasteiger partial charge >= 0.3 is 5.97 Å². The van der Waals surface area contributed by atoms with Gasteiger partial charge in [0.15, 0.2) is 11.5 Å². The number of aromatic hydroxyl groups is 1. The summed E-state index contributed by atoms with van der Waals surface area (Å²) in [4.78, 5) is 26.0. The molecule has 1 fully saturated rings. The Bertz CT molecular complexity index is 1440. The quantitative estimate of drug-likeness (QED) is 0.201. The summed E-state index contributed by atoms with van der Waals surface area (Å²) in [6.45, 7) is 2.55. The third-order valence-electron chi connectivity index (χ3n) is 6.68. The summed E-state index contributed by atoms with van der Waals surface area (Å²) in [5.41, 5.74) is 0.876. The zero-order valence-electron chi connectivity index (χ0n) is 22.2. The van der Waals surface area contributed by atoms with E-state index in [0.717, 1.165) is 6.08 Å².